The number of hydrogen-bond acceptors (Lipinski definition) is 2. The average Bonchev–Trinajstić information content (AvgIpc) is 2.31. The highest BCUT2D eigenvalue weighted by molar-refractivity contribution is 9.10. The zero-order valence-corrected chi connectivity index (χ0v) is 12.2. The van der Waals surface area contributed by atoms with Crippen molar-refractivity contribution in [3.8, 4) is 0 Å². The van der Waals surface area contributed by atoms with E-state index in [-0.39, 0.29) is 17.3 Å². The minimum atomic E-state index is -4.70. The van der Waals surface area contributed by atoms with Gasteiger partial charge < -0.3 is 10.4 Å². The van der Waals surface area contributed by atoms with Crippen LogP contribution in [0.25, 0.3) is 0 Å². The van der Waals surface area contributed by atoms with Gasteiger partial charge >= 0.3 is 12.1 Å². The van der Waals surface area contributed by atoms with E-state index in [1.165, 1.54) is 6.07 Å². The number of halogens is 4. The molecule has 21 heavy (non-hydrogen) atoms. The van der Waals surface area contributed by atoms with Gasteiger partial charge in [-0.25, -0.2) is 4.79 Å². The average molecular weight is 366 g/mol. The lowest BCUT2D eigenvalue weighted by molar-refractivity contribution is -0.148. The lowest BCUT2D eigenvalue weighted by Gasteiger charge is -2.38. The van der Waals surface area contributed by atoms with E-state index < -0.39 is 34.7 Å². The number of rotatable bonds is 3. The Bertz CT molecular complexity index is 597. The van der Waals surface area contributed by atoms with Gasteiger partial charge in [-0.1, -0.05) is 15.9 Å². The minimum Gasteiger partial charge on any atom is -0.480 e. The predicted octanol–water partition coefficient (Wildman–Crippen LogP) is 3.21. The standard InChI is InChI=1S/C13H11BrF3NO3/c14-7-2-3-8(9(6-7)13(15,16)17)10(19)18-12(11(20)21)4-1-5-12/h2-3,6H,1,4-5H2,(H,18,19)(H,20,21). The fraction of sp³-hybridized carbons (Fsp3) is 0.385. The second-order valence-electron chi connectivity index (χ2n) is 4.88. The van der Waals surface area contributed by atoms with Crippen molar-refractivity contribution in [3.63, 3.8) is 0 Å². The number of hydrogen-bond donors (Lipinski definition) is 2. The van der Waals surface area contributed by atoms with Crippen molar-refractivity contribution < 1.29 is 27.9 Å². The van der Waals surface area contributed by atoms with E-state index in [2.05, 4.69) is 21.2 Å². The van der Waals surface area contributed by atoms with Crippen LogP contribution in [0.4, 0.5) is 13.2 Å². The summed E-state index contributed by atoms with van der Waals surface area (Å²) >= 11 is 2.92. The number of amides is 1. The molecule has 1 aliphatic rings. The second-order valence-corrected chi connectivity index (χ2v) is 5.80. The van der Waals surface area contributed by atoms with E-state index in [0.29, 0.717) is 6.42 Å². The van der Waals surface area contributed by atoms with E-state index >= 15 is 0 Å². The molecule has 0 atom stereocenters. The highest BCUT2D eigenvalue weighted by Gasteiger charge is 2.46. The number of nitrogens with one attached hydrogen (secondary N) is 1. The quantitative estimate of drug-likeness (QED) is 0.864. The summed E-state index contributed by atoms with van der Waals surface area (Å²) in [5.74, 6) is -2.26. The Morgan fingerprint density at radius 3 is 2.33 bits per heavy atom. The van der Waals surface area contributed by atoms with Crippen molar-refractivity contribution in [1.82, 2.24) is 5.32 Å². The minimum absolute atomic E-state index is 0.183. The van der Waals surface area contributed by atoms with Crippen LogP contribution in [0.5, 0.6) is 0 Å². The normalized spacial score (nSPS) is 17.0. The third-order valence-electron chi connectivity index (χ3n) is 3.50. The third kappa shape index (κ3) is 3.04. The van der Waals surface area contributed by atoms with E-state index in [1.54, 1.807) is 0 Å². The van der Waals surface area contributed by atoms with Crippen LogP contribution in [0.2, 0.25) is 0 Å². The molecule has 2 rings (SSSR count). The van der Waals surface area contributed by atoms with Crippen LogP contribution in [-0.4, -0.2) is 22.5 Å². The van der Waals surface area contributed by atoms with E-state index in [9.17, 15) is 22.8 Å². The first kappa shape index (κ1) is 15.8. The molecule has 1 saturated carbocycles. The highest BCUT2D eigenvalue weighted by Crippen LogP contribution is 2.36. The van der Waals surface area contributed by atoms with Gasteiger partial charge in [0.05, 0.1) is 11.1 Å². The summed E-state index contributed by atoms with van der Waals surface area (Å²) < 4.78 is 39.1. The largest absolute Gasteiger partial charge is 0.480 e. The number of alkyl halides is 3. The molecule has 0 spiro atoms. The number of benzene rings is 1. The van der Waals surface area contributed by atoms with Gasteiger partial charge in [-0.15, -0.1) is 0 Å². The molecule has 2 N–H and O–H groups in total. The number of carbonyl (C=O) groups excluding carboxylic acids is 1. The topological polar surface area (TPSA) is 66.4 Å². The lowest BCUT2D eigenvalue weighted by atomic mass is 9.76. The Labute approximate surface area is 126 Å². The van der Waals surface area contributed by atoms with E-state index in [0.717, 1.165) is 12.1 Å². The summed E-state index contributed by atoms with van der Waals surface area (Å²) in [6, 6.07) is 3.12. The van der Waals surface area contributed by atoms with Gasteiger partial charge in [-0.05, 0) is 37.5 Å². The molecule has 8 heteroatoms. The first-order valence-corrected chi connectivity index (χ1v) is 6.88. The molecule has 1 aromatic carbocycles. The van der Waals surface area contributed by atoms with Crippen LogP contribution in [0.3, 0.4) is 0 Å². The zero-order valence-electron chi connectivity index (χ0n) is 10.6. The Balaban J connectivity index is 2.34. The first-order chi connectivity index (χ1) is 9.66. The molecule has 0 saturated heterocycles. The fourth-order valence-electron chi connectivity index (χ4n) is 2.16. The number of carboxylic acid groups (broad SMARTS) is 1. The molecule has 114 valence electrons. The second kappa shape index (κ2) is 5.32. The molecule has 4 nitrogen and oxygen atoms in total. The van der Waals surface area contributed by atoms with Crippen LogP contribution in [0, 0.1) is 0 Å². The van der Waals surface area contributed by atoms with E-state index in [4.69, 9.17) is 5.11 Å². The van der Waals surface area contributed by atoms with Gasteiger partial charge in [0.2, 0.25) is 0 Å². The van der Waals surface area contributed by atoms with Crippen LogP contribution in [0.15, 0.2) is 22.7 Å². The molecule has 0 unspecified atom stereocenters. The number of carboxylic acids is 1. The summed E-state index contributed by atoms with van der Waals surface area (Å²) in [4.78, 5) is 23.2. The van der Waals surface area contributed by atoms with Crippen molar-refractivity contribution in [2.24, 2.45) is 0 Å². The molecule has 0 bridgehead atoms. The van der Waals surface area contributed by atoms with Crippen LogP contribution in [0.1, 0.15) is 35.2 Å². The number of carbonyl (C=O) groups is 2. The Hall–Kier alpha value is -1.57. The molecule has 1 fully saturated rings. The summed E-state index contributed by atoms with van der Waals surface area (Å²) in [6.45, 7) is 0. The van der Waals surface area contributed by atoms with Crippen molar-refractivity contribution in [2.75, 3.05) is 0 Å². The van der Waals surface area contributed by atoms with Gasteiger partial charge in [-0.3, -0.25) is 4.79 Å². The SMILES string of the molecule is O=C(NC1(C(=O)O)CCC1)c1ccc(Br)cc1C(F)(F)F. The van der Waals surface area contributed by atoms with Crippen molar-refractivity contribution in [3.05, 3.63) is 33.8 Å². The first-order valence-electron chi connectivity index (χ1n) is 6.08. The molecule has 0 aliphatic heterocycles. The zero-order chi connectivity index (χ0) is 15.8. The van der Waals surface area contributed by atoms with Crippen molar-refractivity contribution >= 4 is 27.8 Å². The maximum atomic E-state index is 13.0. The van der Waals surface area contributed by atoms with Crippen molar-refractivity contribution in [1.29, 1.82) is 0 Å². The van der Waals surface area contributed by atoms with Crippen molar-refractivity contribution in [2.45, 2.75) is 31.0 Å². The summed E-state index contributed by atoms with van der Waals surface area (Å²) in [5, 5.41) is 11.3. The summed E-state index contributed by atoms with van der Waals surface area (Å²) in [6.07, 6.45) is -3.66. The van der Waals surface area contributed by atoms with Gasteiger partial charge in [0.1, 0.15) is 5.54 Å². The third-order valence-corrected chi connectivity index (χ3v) is 3.99. The van der Waals surface area contributed by atoms with Crippen LogP contribution >= 0.6 is 15.9 Å². The Morgan fingerprint density at radius 2 is 1.90 bits per heavy atom. The summed E-state index contributed by atoms with van der Waals surface area (Å²) in [7, 11) is 0. The lowest BCUT2D eigenvalue weighted by Crippen LogP contribution is -2.59. The molecule has 0 radical (unpaired) electrons. The van der Waals surface area contributed by atoms with Gasteiger partial charge in [0.25, 0.3) is 5.91 Å². The van der Waals surface area contributed by atoms with E-state index in [1.807, 2.05) is 0 Å². The maximum Gasteiger partial charge on any atom is 0.417 e. The van der Waals surface area contributed by atoms with Crippen LogP contribution in [-0.2, 0) is 11.0 Å². The van der Waals surface area contributed by atoms with Gasteiger partial charge in [-0.2, -0.15) is 13.2 Å². The molecule has 0 heterocycles. The van der Waals surface area contributed by atoms with Gasteiger partial charge in [0.15, 0.2) is 0 Å². The molecule has 1 aliphatic carbocycles. The molecule has 1 aromatic rings. The monoisotopic (exact) mass is 365 g/mol. The number of aliphatic carboxylic acids is 1. The molecule has 0 aromatic heterocycles. The fourth-order valence-corrected chi connectivity index (χ4v) is 2.52. The molecule has 1 amide bonds. The maximum absolute atomic E-state index is 13.0. The summed E-state index contributed by atoms with van der Waals surface area (Å²) in [5.41, 5.74) is -3.14. The Kier molecular flexibility index (Phi) is 4.01. The smallest absolute Gasteiger partial charge is 0.417 e. The van der Waals surface area contributed by atoms with Crippen LogP contribution < -0.4 is 5.32 Å². The van der Waals surface area contributed by atoms with Gasteiger partial charge in [0, 0.05) is 4.47 Å². The predicted molar refractivity (Wildman–Crippen MR) is 70.8 cm³/mol. The molecular formula is C13H11BrF3NO3. The molecular weight excluding hydrogens is 355 g/mol. The Morgan fingerprint density at radius 1 is 1.29 bits per heavy atom. The highest BCUT2D eigenvalue weighted by atomic mass is 79.9.